The Bertz CT molecular complexity index is 455. The van der Waals surface area contributed by atoms with E-state index in [9.17, 15) is 4.79 Å². The quantitative estimate of drug-likeness (QED) is 0.779. The largest absolute Gasteiger partial charge is 0.494 e. The summed E-state index contributed by atoms with van der Waals surface area (Å²) < 4.78 is 5.60. The van der Waals surface area contributed by atoms with Crippen molar-refractivity contribution in [3.63, 3.8) is 0 Å². The summed E-state index contributed by atoms with van der Waals surface area (Å²) in [5, 5.41) is 0.727. The van der Waals surface area contributed by atoms with E-state index in [4.69, 9.17) is 22.1 Å². The molecule has 0 spiro atoms. The lowest BCUT2D eigenvalue weighted by molar-refractivity contribution is -0.131. The molecule has 2 N–H and O–H groups in total. The molecule has 4 nitrogen and oxygen atoms in total. The fourth-order valence-corrected chi connectivity index (χ4v) is 1.82. The Balaban J connectivity index is 0.00000400. The van der Waals surface area contributed by atoms with Crippen LogP contribution in [0.5, 0.6) is 5.75 Å². The SMILES string of the molecule is Cc1cc(OCCCC(=O)N(C)C(C)CN)ccc1Cl.Cl. The van der Waals surface area contributed by atoms with Crippen molar-refractivity contribution in [1.29, 1.82) is 0 Å². The van der Waals surface area contributed by atoms with Gasteiger partial charge in [0.15, 0.2) is 0 Å². The van der Waals surface area contributed by atoms with Crippen LogP contribution in [0.25, 0.3) is 0 Å². The minimum Gasteiger partial charge on any atom is -0.494 e. The normalized spacial score (nSPS) is 11.5. The first-order chi connectivity index (χ1) is 9.45. The number of carbonyl (C=O) groups is 1. The third-order valence-corrected chi connectivity index (χ3v) is 3.75. The van der Waals surface area contributed by atoms with Gasteiger partial charge in [-0.3, -0.25) is 4.79 Å². The van der Waals surface area contributed by atoms with E-state index in [2.05, 4.69) is 0 Å². The molecule has 1 amide bonds. The van der Waals surface area contributed by atoms with Gasteiger partial charge in [-0.05, 0) is 44.0 Å². The van der Waals surface area contributed by atoms with Crippen molar-refractivity contribution in [1.82, 2.24) is 4.90 Å². The van der Waals surface area contributed by atoms with Crippen molar-refractivity contribution in [2.45, 2.75) is 32.7 Å². The molecule has 1 aromatic rings. The highest BCUT2D eigenvalue weighted by Gasteiger charge is 2.13. The third kappa shape index (κ3) is 6.55. The van der Waals surface area contributed by atoms with Gasteiger partial charge in [-0.2, -0.15) is 0 Å². The maximum atomic E-state index is 11.9. The van der Waals surface area contributed by atoms with E-state index in [0.29, 0.717) is 26.0 Å². The molecule has 120 valence electrons. The standard InChI is InChI=1S/C15H23ClN2O2.ClH/c1-11-9-13(6-7-14(11)16)20-8-4-5-15(19)18(3)12(2)10-17;/h6-7,9,12H,4-5,8,10,17H2,1-3H3;1H. The second-order valence-corrected chi connectivity index (χ2v) is 5.36. The van der Waals surface area contributed by atoms with Crippen LogP contribution in [-0.2, 0) is 4.79 Å². The van der Waals surface area contributed by atoms with E-state index < -0.39 is 0 Å². The molecule has 1 unspecified atom stereocenters. The number of likely N-dealkylation sites (N-methyl/N-ethyl adjacent to an activating group) is 1. The molecule has 0 saturated carbocycles. The topological polar surface area (TPSA) is 55.6 Å². The van der Waals surface area contributed by atoms with Crippen LogP contribution < -0.4 is 10.5 Å². The molecule has 1 rings (SSSR count). The van der Waals surface area contributed by atoms with Gasteiger partial charge in [-0.25, -0.2) is 0 Å². The molecule has 0 aliphatic heterocycles. The lowest BCUT2D eigenvalue weighted by atomic mass is 10.2. The number of nitrogens with two attached hydrogens (primary N) is 1. The van der Waals surface area contributed by atoms with Crippen LogP contribution in [0.1, 0.15) is 25.3 Å². The monoisotopic (exact) mass is 334 g/mol. The first-order valence-electron chi connectivity index (χ1n) is 6.80. The average Bonchev–Trinajstić information content (AvgIpc) is 2.45. The number of nitrogens with zero attached hydrogens (tertiary/aromatic N) is 1. The number of benzene rings is 1. The molecule has 6 heteroatoms. The zero-order valence-electron chi connectivity index (χ0n) is 12.8. The molecule has 0 radical (unpaired) electrons. The second-order valence-electron chi connectivity index (χ2n) is 4.95. The summed E-state index contributed by atoms with van der Waals surface area (Å²) >= 11 is 5.95. The molecule has 0 aliphatic rings. The number of aryl methyl sites for hydroxylation is 1. The van der Waals surface area contributed by atoms with Crippen LogP contribution in [0.3, 0.4) is 0 Å². The van der Waals surface area contributed by atoms with Crippen molar-refractivity contribution >= 4 is 29.9 Å². The van der Waals surface area contributed by atoms with Crippen molar-refractivity contribution in [2.75, 3.05) is 20.2 Å². The highest BCUT2D eigenvalue weighted by molar-refractivity contribution is 6.31. The average molecular weight is 335 g/mol. The van der Waals surface area contributed by atoms with Crippen molar-refractivity contribution in [3.05, 3.63) is 28.8 Å². The predicted octanol–water partition coefficient (Wildman–Crippen LogP) is 3.03. The molecular formula is C15H24Cl2N2O2. The molecule has 0 aromatic heterocycles. The van der Waals surface area contributed by atoms with E-state index in [1.807, 2.05) is 32.0 Å². The van der Waals surface area contributed by atoms with Crippen LogP contribution in [0.15, 0.2) is 18.2 Å². The van der Waals surface area contributed by atoms with E-state index in [1.54, 1.807) is 11.9 Å². The van der Waals surface area contributed by atoms with E-state index in [0.717, 1.165) is 16.3 Å². The van der Waals surface area contributed by atoms with Gasteiger partial charge < -0.3 is 15.4 Å². The van der Waals surface area contributed by atoms with Gasteiger partial charge in [-0.1, -0.05) is 11.6 Å². The van der Waals surface area contributed by atoms with Crippen molar-refractivity contribution < 1.29 is 9.53 Å². The molecule has 1 aromatic carbocycles. The fourth-order valence-electron chi connectivity index (χ4n) is 1.70. The molecule has 0 bridgehead atoms. The molecule has 1 atom stereocenters. The fraction of sp³-hybridized carbons (Fsp3) is 0.533. The van der Waals surface area contributed by atoms with E-state index in [-0.39, 0.29) is 24.4 Å². The number of halogens is 2. The predicted molar refractivity (Wildman–Crippen MR) is 89.5 cm³/mol. The summed E-state index contributed by atoms with van der Waals surface area (Å²) in [4.78, 5) is 13.5. The summed E-state index contributed by atoms with van der Waals surface area (Å²) in [6.07, 6.45) is 1.15. The van der Waals surface area contributed by atoms with Gasteiger partial charge in [-0.15, -0.1) is 12.4 Å². The Morgan fingerprint density at radius 2 is 2.14 bits per heavy atom. The van der Waals surface area contributed by atoms with Gasteiger partial charge >= 0.3 is 0 Å². The Kier molecular flexibility index (Phi) is 9.42. The van der Waals surface area contributed by atoms with Gasteiger partial charge in [0, 0.05) is 31.1 Å². The lowest BCUT2D eigenvalue weighted by Crippen LogP contribution is -2.39. The number of ether oxygens (including phenoxy) is 1. The Hall–Kier alpha value is -0.970. The Morgan fingerprint density at radius 3 is 2.71 bits per heavy atom. The zero-order valence-corrected chi connectivity index (χ0v) is 14.3. The van der Waals surface area contributed by atoms with Crippen LogP contribution >= 0.6 is 24.0 Å². The first kappa shape index (κ1) is 20.0. The maximum Gasteiger partial charge on any atom is 0.222 e. The highest BCUT2D eigenvalue weighted by Crippen LogP contribution is 2.21. The second kappa shape index (κ2) is 9.87. The van der Waals surface area contributed by atoms with Crippen LogP contribution in [0.2, 0.25) is 5.02 Å². The molecule has 0 aliphatic carbocycles. The van der Waals surface area contributed by atoms with Gasteiger partial charge in [0.25, 0.3) is 0 Å². The van der Waals surface area contributed by atoms with E-state index >= 15 is 0 Å². The summed E-state index contributed by atoms with van der Waals surface area (Å²) in [6, 6.07) is 5.61. The van der Waals surface area contributed by atoms with Crippen molar-refractivity contribution in [2.24, 2.45) is 5.73 Å². The van der Waals surface area contributed by atoms with Gasteiger partial charge in [0.05, 0.1) is 6.61 Å². The van der Waals surface area contributed by atoms with E-state index in [1.165, 1.54) is 0 Å². The van der Waals surface area contributed by atoms with Crippen LogP contribution in [0, 0.1) is 6.92 Å². The maximum absolute atomic E-state index is 11.9. The van der Waals surface area contributed by atoms with Gasteiger partial charge in [0.1, 0.15) is 5.75 Å². The number of amides is 1. The molecule has 0 saturated heterocycles. The minimum absolute atomic E-state index is 0. The molecular weight excluding hydrogens is 311 g/mol. The number of hydrogen-bond acceptors (Lipinski definition) is 3. The first-order valence-corrected chi connectivity index (χ1v) is 7.18. The lowest BCUT2D eigenvalue weighted by Gasteiger charge is -2.23. The summed E-state index contributed by atoms with van der Waals surface area (Å²) in [6.45, 7) is 4.85. The number of rotatable bonds is 7. The zero-order chi connectivity index (χ0) is 15.1. The summed E-state index contributed by atoms with van der Waals surface area (Å²) in [5.41, 5.74) is 6.52. The molecule has 0 heterocycles. The number of carbonyl (C=O) groups excluding carboxylic acids is 1. The summed E-state index contributed by atoms with van der Waals surface area (Å²) in [5.74, 6) is 0.877. The van der Waals surface area contributed by atoms with Gasteiger partial charge in [0.2, 0.25) is 5.91 Å². The minimum atomic E-state index is 0. The molecule has 0 fully saturated rings. The third-order valence-electron chi connectivity index (χ3n) is 3.33. The number of hydrogen-bond donors (Lipinski definition) is 1. The molecule has 21 heavy (non-hydrogen) atoms. The van der Waals surface area contributed by atoms with Crippen molar-refractivity contribution in [3.8, 4) is 5.75 Å². The Labute approximate surface area is 138 Å². The Morgan fingerprint density at radius 1 is 1.48 bits per heavy atom. The highest BCUT2D eigenvalue weighted by atomic mass is 35.5. The van der Waals surface area contributed by atoms with Crippen LogP contribution in [-0.4, -0.2) is 37.0 Å². The van der Waals surface area contributed by atoms with Crippen LogP contribution in [0.4, 0.5) is 0 Å². The summed E-state index contributed by atoms with van der Waals surface area (Å²) in [7, 11) is 1.78. The smallest absolute Gasteiger partial charge is 0.222 e.